The van der Waals surface area contributed by atoms with Crippen molar-refractivity contribution in [3.63, 3.8) is 0 Å². The zero-order valence-electron chi connectivity index (χ0n) is 16.4. The van der Waals surface area contributed by atoms with Crippen molar-refractivity contribution in [1.29, 1.82) is 0 Å². The lowest BCUT2D eigenvalue weighted by molar-refractivity contribution is -0.0948. The van der Waals surface area contributed by atoms with Gasteiger partial charge in [0.1, 0.15) is 0 Å². The molecule has 3 aliphatic rings. The van der Waals surface area contributed by atoms with Crippen molar-refractivity contribution in [2.45, 2.75) is 43.8 Å². The number of morpholine rings is 1. The molecule has 3 fully saturated rings. The highest BCUT2D eigenvalue weighted by Gasteiger charge is 2.40. The Morgan fingerprint density at radius 3 is 2.86 bits per heavy atom. The Hall–Kier alpha value is -2.12. The number of hydrogen-bond acceptors (Lipinski definition) is 5. The van der Waals surface area contributed by atoms with Crippen LogP contribution in [0.3, 0.4) is 0 Å². The van der Waals surface area contributed by atoms with E-state index in [0.717, 1.165) is 42.8 Å². The molecule has 1 aromatic carbocycles. The van der Waals surface area contributed by atoms with Crippen LogP contribution >= 0.6 is 0 Å². The lowest BCUT2D eigenvalue weighted by Gasteiger charge is -2.40. The van der Waals surface area contributed by atoms with Gasteiger partial charge in [-0.15, -0.1) is 0 Å². The molecule has 1 saturated carbocycles. The van der Waals surface area contributed by atoms with Crippen molar-refractivity contribution in [3.05, 3.63) is 23.8 Å². The van der Waals surface area contributed by atoms with E-state index in [1.807, 2.05) is 34.7 Å². The first kappa shape index (κ1) is 17.9. The van der Waals surface area contributed by atoms with Crippen LogP contribution in [0.5, 0.6) is 0 Å². The third-order valence-corrected chi connectivity index (χ3v) is 6.60. The molecule has 5 rings (SSSR count). The Morgan fingerprint density at radius 1 is 1.29 bits per heavy atom. The van der Waals surface area contributed by atoms with Crippen LogP contribution in [0.15, 0.2) is 18.2 Å². The van der Waals surface area contributed by atoms with E-state index >= 15 is 0 Å². The molecule has 2 saturated heterocycles. The normalized spacial score (nSPS) is 24.6. The van der Waals surface area contributed by atoms with Crippen LogP contribution < -0.4 is 4.90 Å². The summed E-state index contributed by atoms with van der Waals surface area (Å²) >= 11 is 0. The molecule has 7 nitrogen and oxygen atoms in total. The van der Waals surface area contributed by atoms with Crippen LogP contribution in [0.2, 0.25) is 0 Å². The average molecular weight is 384 g/mol. The monoisotopic (exact) mass is 384 g/mol. The van der Waals surface area contributed by atoms with Gasteiger partial charge in [-0.05, 0) is 37.5 Å². The van der Waals surface area contributed by atoms with Gasteiger partial charge in [-0.1, -0.05) is 12.8 Å². The molecule has 7 heteroatoms. The number of aliphatic hydroxyl groups excluding tert-OH is 1. The summed E-state index contributed by atoms with van der Waals surface area (Å²) in [4.78, 5) is 22.0. The number of aromatic nitrogens is 2. The number of ether oxygens (including phenoxy) is 1. The number of fused-ring (bicyclic) bond motifs is 1. The highest BCUT2D eigenvalue weighted by atomic mass is 16.5. The van der Waals surface area contributed by atoms with Gasteiger partial charge in [0.05, 0.1) is 35.9 Å². The number of benzene rings is 1. The molecule has 0 radical (unpaired) electrons. The fourth-order valence-corrected chi connectivity index (χ4v) is 5.05. The summed E-state index contributed by atoms with van der Waals surface area (Å²) in [5, 5.41) is 9.84. The van der Waals surface area contributed by atoms with Gasteiger partial charge >= 0.3 is 0 Å². The van der Waals surface area contributed by atoms with Crippen LogP contribution in [0.1, 0.15) is 42.5 Å². The Bertz CT molecular complexity index is 902. The van der Waals surface area contributed by atoms with E-state index in [-0.39, 0.29) is 17.6 Å². The molecule has 1 spiro atoms. The maximum absolute atomic E-state index is 13.2. The van der Waals surface area contributed by atoms with Gasteiger partial charge in [-0.25, -0.2) is 4.98 Å². The Labute approximate surface area is 164 Å². The third kappa shape index (κ3) is 2.97. The summed E-state index contributed by atoms with van der Waals surface area (Å²) in [6.45, 7) is 3.39. The molecule has 2 aliphatic heterocycles. The molecular weight excluding hydrogens is 356 g/mol. The van der Waals surface area contributed by atoms with E-state index in [1.165, 1.54) is 12.8 Å². The van der Waals surface area contributed by atoms with Crippen molar-refractivity contribution in [3.8, 4) is 0 Å². The summed E-state index contributed by atoms with van der Waals surface area (Å²) in [6.07, 6.45) is 4.97. The SMILES string of the molecule is Cn1c(N2CC[C@H](O)C2)nc2cc(C(=O)N3CCOC4(CCCC4)C3)ccc21. The minimum atomic E-state index is -0.291. The number of aliphatic hydroxyl groups is 1. The number of carbonyl (C=O) groups excluding carboxylic acids is 1. The second-order valence-electron chi connectivity index (χ2n) is 8.53. The summed E-state index contributed by atoms with van der Waals surface area (Å²) < 4.78 is 8.11. The number of β-amino-alcohol motifs (C(OH)–C–C–N with tert-alkyl or cyclic N) is 1. The lowest BCUT2D eigenvalue weighted by Crippen LogP contribution is -2.52. The smallest absolute Gasteiger partial charge is 0.254 e. The topological polar surface area (TPSA) is 70.8 Å². The number of aryl methyl sites for hydroxylation is 1. The molecule has 28 heavy (non-hydrogen) atoms. The van der Waals surface area contributed by atoms with E-state index in [9.17, 15) is 9.90 Å². The second kappa shape index (κ2) is 6.74. The molecule has 1 amide bonds. The van der Waals surface area contributed by atoms with Gasteiger partial charge in [0, 0.05) is 32.2 Å². The van der Waals surface area contributed by atoms with E-state index in [0.29, 0.717) is 31.8 Å². The Kier molecular flexibility index (Phi) is 4.32. The quantitative estimate of drug-likeness (QED) is 0.857. The molecule has 150 valence electrons. The number of imidazole rings is 1. The maximum Gasteiger partial charge on any atom is 0.254 e. The summed E-state index contributed by atoms with van der Waals surface area (Å²) in [5.41, 5.74) is 2.40. The minimum absolute atomic E-state index is 0.0697. The van der Waals surface area contributed by atoms with Crippen molar-refractivity contribution >= 4 is 22.9 Å². The fraction of sp³-hybridized carbons (Fsp3) is 0.619. The average Bonchev–Trinajstić information content (AvgIpc) is 3.41. The maximum atomic E-state index is 13.2. The first-order valence-electron chi connectivity index (χ1n) is 10.4. The minimum Gasteiger partial charge on any atom is -0.391 e. The highest BCUT2D eigenvalue weighted by Crippen LogP contribution is 2.36. The van der Waals surface area contributed by atoms with Crippen molar-refractivity contribution in [1.82, 2.24) is 14.5 Å². The number of anilines is 1. The highest BCUT2D eigenvalue weighted by molar-refractivity contribution is 5.98. The van der Waals surface area contributed by atoms with Crippen LogP contribution in [0.25, 0.3) is 11.0 Å². The summed E-state index contributed by atoms with van der Waals surface area (Å²) in [5.74, 6) is 0.924. The fourth-order valence-electron chi connectivity index (χ4n) is 5.05. The molecule has 1 atom stereocenters. The predicted octanol–water partition coefficient (Wildman–Crippen LogP) is 1.93. The van der Waals surface area contributed by atoms with Crippen molar-refractivity contribution in [2.24, 2.45) is 7.05 Å². The van der Waals surface area contributed by atoms with Crippen LogP contribution in [-0.2, 0) is 11.8 Å². The molecule has 0 unspecified atom stereocenters. The molecule has 3 heterocycles. The van der Waals surface area contributed by atoms with E-state index in [4.69, 9.17) is 9.72 Å². The molecule has 1 N–H and O–H groups in total. The van der Waals surface area contributed by atoms with Crippen LogP contribution in [0.4, 0.5) is 5.95 Å². The van der Waals surface area contributed by atoms with E-state index in [1.54, 1.807) is 0 Å². The van der Waals surface area contributed by atoms with Crippen LogP contribution in [-0.4, -0.2) is 70.0 Å². The van der Waals surface area contributed by atoms with Crippen molar-refractivity contribution in [2.75, 3.05) is 37.7 Å². The zero-order chi connectivity index (χ0) is 19.3. The second-order valence-corrected chi connectivity index (χ2v) is 8.53. The predicted molar refractivity (Wildman–Crippen MR) is 107 cm³/mol. The summed E-state index contributed by atoms with van der Waals surface area (Å²) in [7, 11) is 1.99. The first-order chi connectivity index (χ1) is 13.5. The number of nitrogens with zero attached hydrogens (tertiary/aromatic N) is 4. The largest absolute Gasteiger partial charge is 0.391 e. The number of amides is 1. The molecular formula is C21H28N4O3. The lowest BCUT2D eigenvalue weighted by atomic mass is 9.99. The molecule has 2 aromatic rings. The third-order valence-electron chi connectivity index (χ3n) is 6.60. The standard InChI is InChI=1S/C21H28N4O3/c1-23-18-5-4-15(12-17(18)22-20(23)24-9-6-16(26)13-24)19(27)25-10-11-28-21(14-25)7-2-3-8-21/h4-5,12,16,26H,2-3,6-11,13-14H2,1H3/t16-/m0/s1. The number of rotatable bonds is 2. The van der Waals surface area contributed by atoms with Gasteiger partial charge in [0.15, 0.2) is 0 Å². The summed E-state index contributed by atoms with van der Waals surface area (Å²) in [6, 6.07) is 5.80. The molecule has 1 aromatic heterocycles. The van der Waals surface area contributed by atoms with Gasteiger partial charge in [0.25, 0.3) is 5.91 Å². The van der Waals surface area contributed by atoms with E-state index < -0.39 is 0 Å². The number of carbonyl (C=O) groups is 1. The Balaban J connectivity index is 1.40. The van der Waals surface area contributed by atoms with Gasteiger partial charge in [-0.3, -0.25) is 4.79 Å². The van der Waals surface area contributed by atoms with E-state index in [2.05, 4.69) is 4.90 Å². The first-order valence-corrected chi connectivity index (χ1v) is 10.4. The Morgan fingerprint density at radius 2 is 2.11 bits per heavy atom. The molecule has 1 aliphatic carbocycles. The van der Waals surface area contributed by atoms with Crippen LogP contribution in [0, 0.1) is 0 Å². The van der Waals surface area contributed by atoms with Crippen molar-refractivity contribution < 1.29 is 14.6 Å². The van der Waals surface area contributed by atoms with Gasteiger partial charge < -0.3 is 24.2 Å². The van der Waals surface area contributed by atoms with Gasteiger partial charge in [-0.2, -0.15) is 0 Å². The number of hydrogen-bond donors (Lipinski definition) is 1. The van der Waals surface area contributed by atoms with Gasteiger partial charge in [0.2, 0.25) is 5.95 Å². The molecule has 0 bridgehead atoms. The zero-order valence-corrected chi connectivity index (χ0v) is 16.4.